The van der Waals surface area contributed by atoms with Gasteiger partial charge in [0.15, 0.2) is 11.5 Å². The molecule has 2 heterocycles. The summed E-state index contributed by atoms with van der Waals surface area (Å²) < 4.78 is 10.4. The Morgan fingerprint density at radius 2 is 2.18 bits per heavy atom. The lowest BCUT2D eigenvalue weighted by Crippen LogP contribution is -2.16. The highest BCUT2D eigenvalue weighted by Crippen LogP contribution is 2.15. The molecule has 0 aliphatic rings. The number of nitro groups is 1. The van der Waals surface area contributed by atoms with Crippen LogP contribution in [0.4, 0.5) is 5.88 Å². The third-order valence-electron chi connectivity index (χ3n) is 2.64. The largest absolute Gasteiger partial charge is 0.433 e. The molecule has 2 aromatic rings. The quantitative estimate of drug-likeness (QED) is 0.277. The van der Waals surface area contributed by atoms with Gasteiger partial charge >= 0.3 is 17.5 Å². The van der Waals surface area contributed by atoms with Gasteiger partial charge in [0.25, 0.3) is 0 Å². The van der Waals surface area contributed by atoms with Crippen LogP contribution in [0.25, 0.3) is 0 Å². The second-order valence-corrected chi connectivity index (χ2v) is 4.10. The summed E-state index contributed by atoms with van der Waals surface area (Å²) in [5, 5.41) is 13.8. The number of carbonyl (C=O) groups is 1. The Bertz CT molecular complexity index is 826. The van der Waals surface area contributed by atoms with Gasteiger partial charge in [0.1, 0.15) is 4.92 Å². The molecule has 2 aromatic heterocycles. The highest BCUT2D eigenvalue weighted by molar-refractivity contribution is 5.96. The van der Waals surface area contributed by atoms with Crippen molar-refractivity contribution < 1.29 is 23.5 Å². The number of aryl methyl sites for hydroxylation is 1. The van der Waals surface area contributed by atoms with Gasteiger partial charge in [-0.05, 0) is 13.0 Å². The van der Waals surface area contributed by atoms with Crippen LogP contribution < -0.4 is 11.4 Å². The van der Waals surface area contributed by atoms with Gasteiger partial charge in [0.05, 0.1) is 11.6 Å². The zero-order valence-electron chi connectivity index (χ0n) is 11.4. The lowest BCUT2D eigenvalue weighted by molar-refractivity contribution is -0.402. The van der Waals surface area contributed by atoms with Crippen LogP contribution in [-0.4, -0.2) is 21.5 Å². The van der Waals surface area contributed by atoms with E-state index in [2.05, 4.69) is 14.5 Å². The number of amidine groups is 1. The van der Waals surface area contributed by atoms with E-state index in [0.29, 0.717) is 0 Å². The number of furan rings is 1. The van der Waals surface area contributed by atoms with E-state index in [4.69, 9.17) is 10.2 Å². The summed E-state index contributed by atoms with van der Waals surface area (Å²) in [5.74, 6) is -2.03. The fourth-order valence-corrected chi connectivity index (χ4v) is 1.60. The number of hydrogen-bond donors (Lipinski definition) is 1. The standard InChI is InChI=1S/C11H10N4O7/c1-5-8(14(2)22-10(5)16)11(17)21-13-9(12)6-3-4-7(20-6)15(18)19/h3-4H,1-2H3,(H2,12,13). The van der Waals surface area contributed by atoms with E-state index in [1.165, 1.54) is 20.0 Å². The summed E-state index contributed by atoms with van der Waals surface area (Å²) in [5.41, 5.74) is 4.71. The first-order valence-electron chi connectivity index (χ1n) is 5.77. The van der Waals surface area contributed by atoms with Crippen molar-refractivity contribution in [2.75, 3.05) is 0 Å². The lowest BCUT2D eigenvalue weighted by atomic mass is 10.3. The molecule has 0 atom stereocenters. The molecule has 0 aliphatic carbocycles. The van der Waals surface area contributed by atoms with Crippen molar-refractivity contribution in [3.05, 3.63) is 49.7 Å². The van der Waals surface area contributed by atoms with Gasteiger partial charge in [-0.15, -0.1) is 0 Å². The summed E-state index contributed by atoms with van der Waals surface area (Å²) in [6.07, 6.45) is 0. The van der Waals surface area contributed by atoms with Crippen LogP contribution in [0.15, 0.2) is 31.0 Å². The molecule has 0 unspecified atom stereocenters. The summed E-state index contributed by atoms with van der Waals surface area (Å²) >= 11 is 0. The molecule has 0 radical (unpaired) electrons. The summed E-state index contributed by atoms with van der Waals surface area (Å²) in [7, 11) is 1.34. The normalized spacial score (nSPS) is 11.5. The Kier molecular flexibility index (Phi) is 3.79. The first-order valence-corrected chi connectivity index (χ1v) is 5.77. The molecule has 11 nitrogen and oxygen atoms in total. The second kappa shape index (κ2) is 5.55. The topological polar surface area (TPSA) is 156 Å². The molecule has 2 N–H and O–H groups in total. The minimum Gasteiger partial charge on any atom is -0.397 e. The summed E-state index contributed by atoms with van der Waals surface area (Å²) in [6, 6.07) is 2.27. The Labute approximate surface area is 121 Å². The minimum atomic E-state index is -0.977. The molecule has 2 rings (SSSR count). The highest BCUT2D eigenvalue weighted by atomic mass is 16.7. The lowest BCUT2D eigenvalue weighted by Gasteiger charge is -1.99. The number of rotatable bonds is 4. The number of nitrogens with zero attached hydrogens (tertiary/aromatic N) is 3. The fourth-order valence-electron chi connectivity index (χ4n) is 1.60. The number of oxime groups is 1. The van der Waals surface area contributed by atoms with Crippen LogP contribution in [0.2, 0.25) is 0 Å². The van der Waals surface area contributed by atoms with Crippen LogP contribution in [0, 0.1) is 17.0 Å². The third kappa shape index (κ3) is 2.72. The molecule has 11 heteroatoms. The number of hydrogen-bond acceptors (Lipinski definition) is 8. The smallest absolute Gasteiger partial charge is 0.397 e. The molecule has 22 heavy (non-hydrogen) atoms. The molecule has 0 aliphatic heterocycles. The van der Waals surface area contributed by atoms with Crippen molar-refractivity contribution in [3.8, 4) is 0 Å². The second-order valence-electron chi connectivity index (χ2n) is 4.10. The van der Waals surface area contributed by atoms with E-state index in [9.17, 15) is 19.7 Å². The predicted molar refractivity (Wildman–Crippen MR) is 70.2 cm³/mol. The molecule has 0 spiro atoms. The highest BCUT2D eigenvalue weighted by Gasteiger charge is 2.21. The van der Waals surface area contributed by atoms with E-state index in [0.717, 1.165) is 10.8 Å². The van der Waals surface area contributed by atoms with Crippen molar-refractivity contribution in [1.82, 2.24) is 4.74 Å². The Hall–Kier alpha value is -3.37. The van der Waals surface area contributed by atoms with E-state index >= 15 is 0 Å². The van der Waals surface area contributed by atoms with Crippen molar-refractivity contribution in [2.45, 2.75) is 6.92 Å². The third-order valence-corrected chi connectivity index (χ3v) is 2.64. The maximum atomic E-state index is 11.8. The minimum absolute atomic E-state index is 0.0508. The maximum Gasteiger partial charge on any atom is 0.433 e. The van der Waals surface area contributed by atoms with Crippen LogP contribution in [0.5, 0.6) is 0 Å². The number of aromatic nitrogens is 1. The van der Waals surface area contributed by atoms with Crippen LogP contribution in [-0.2, 0) is 11.9 Å². The van der Waals surface area contributed by atoms with Crippen LogP contribution in [0.3, 0.4) is 0 Å². The van der Waals surface area contributed by atoms with E-state index in [1.807, 2.05) is 0 Å². The zero-order chi connectivity index (χ0) is 16.4. The molecule has 0 amide bonds. The maximum absolute atomic E-state index is 11.8. The van der Waals surface area contributed by atoms with E-state index < -0.39 is 22.4 Å². The van der Waals surface area contributed by atoms with Gasteiger partial charge < -0.3 is 19.5 Å². The summed E-state index contributed by atoms with van der Waals surface area (Å²) in [4.78, 5) is 37.3. The monoisotopic (exact) mass is 310 g/mol. The molecule has 0 saturated carbocycles. The molecule has 0 fully saturated rings. The fraction of sp³-hybridized carbons (Fsp3) is 0.182. The Balaban J connectivity index is 2.18. The Morgan fingerprint density at radius 1 is 1.50 bits per heavy atom. The van der Waals surface area contributed by atoms with Gasteiger partial charge in [0.2, 0.25) is 5.84 Å². The summed E-state index contributed by atoms with van der Waals surface area (Å²) in [6.45, 7) is 1.38. The molecular formula is C11H10N4O7. The van der Waals surface area contributed by atoms with E-state index in [1.54, 1.807) is 0 Å². The van der Waals surface area contributed by atoms with Crippen molar-refractivity contribution >= 4 is 17.7 Å². The number of carbonyl (C=O) groups excluding carboxylic acids is 1. The van der Waals surface area contributed by atoms with Gasteiger partial charge in [-0.25, -0.2) is 14.3 Å². The van der Waals surface area contributed by atoms with E-state index in [-0.39, 0.29) is 22.9 Å². The van der Waals surface area contributed by atoms with Gasteiger partial charge in [-0.2, -0.15) is 0 Å². The Morgan fingerprint density at radius 3 is 2.68 bits per heavy atom. The van der Waals surface area contributed by atoms with Crippen molar-refractivity contribution in [3.63, 3.8) is 0 Å². The number of nitrogens with two attached hydrogens (primary N) is 1. The first kappa shape index (κ1) is 15.0. The van der Waals surface area contributed by atoms with Gasteiger partial charge in [-0.3, -0.25) is 10.1 Å². The first-order chi connectivity index (χ1) is 10.3. The molecule has 0 saturated heterocycles. The van der Waals surface area contributed by atoms with Crippen molar-refractivity contribution in [2.24, 2.45) is 17.9 Å². The van der Waals surface area contributed by atoms with Crippen LogP contribution in [0.1, 0.15) is 21.8 Å². The van der Waals surface area contributed by atoms with Crippen LogP contribution >= 0.6 is 0 Å². The molecule has 0 bridgehead atoms. The van der Waals surface area contributed by atoms with Gasteiger partial charge in [0, 0.05) is 7.05 Å². The zero-order valence-corrected chi connectivity index (χ0v) is 11.4. The molecular weight excluding hydrogens is 300 g/mol. The molecule has 0 aromatic carbocycles. The molecule has 116 valence electrons. The van der Waals surface area contributed by atoms with Crippen molar-refractivity contribution in [1.29, 1.82) is 0 Å². The predicted octanol–water partition coefficient (Wildman–Crippen LogP) is 0.265. The average Bonchev–Trinajstić information content (AvgIpc) is 3.02. The van der Waals surface area contributed by atoms with Gasteiger partial charge in [-0.1, -0.05) is 5.16 Å². The SMILES string of the molecule is Cc1c(C(=O)ON=C(N)c2ccc([N+](=O)[O-])o2)n(C)oc1=O. The average molecular weight is 310 g/mol.